The molecule has 2 atom stereocenters. The molecule has 8 nitrogen and oxygen atoms in total. The molecule has 2 aliphatic heterocycles. The van der Waals surface area contributed by atoms with Crippen molar-refractivity contribution in [3.63, 3.8) is 0 Å². The maximum Gasteiger partial charge on any atom is 0.317 e. The molecule has 0 bridgehead atoms. The first-order valence-electron chi connectivity index (χ1n) is 10.6. The van der Waals surface area contributed by atoms with Gasteiger partial charge in [0.2, 0.25) is 0 Å². The third kappa shape index (κ3) is 5.66. The summed E-state index contributed by atoms with van der Waals surface area (Å²) in [6, 6.07) is 8.43. The van der Waals surface area contributed by atoms with Gasteiger partial charge in [-0.05, 0) is 56.8 Å². The minimum atomic E-state index is -0.250. The van der Waals surface area contributed by atoms with Gasteiger partial charge >= 0.3 is 6.03 Å². The Kier molecular flexibility index (Phi) is 7.96. The normalized spacial score (nSPS) is 21.1. The lowest BCUT2D eigenvalue weighted by Crippen LogP contribution is -2.51. The Bertz CT molecular complexity index is 844. The summed E-state index contributed by atoms with van der Waals surface area (Å²) in [7, 11) is 1.82. The molecule has 2 aromatic rings. The molecule has 4 rings (SSSR count). The summed E-state index contributed by atoms with van der Waals surface area (Å²) in [5.41, 5.74) is 2.55. The van der Waals surface area contributed by atoms with E-state index in [-0.39, 0.29) is 12.5 Å². The van der Waals surface area contributed by atoms with Crippen LogP contribution in [0.1, 0.15) is 37.8 Å². The van der Waals surface area contributed by atoms with Crippen LogP contribution in [0.25, 0.3) is 11.0 Å². The molecule has 2 saturated heterocycles. The number of para-hydroxylation sites is 2. The van der Waals surface area contributed by atoms with Crippen LogP contribution < -0.4 is 5.32 Å². The van der Waals surface area contributed by atoms with Gasteiger partial charge in [0.25, 0.3) is 6.47 Å². The van der Waals surface area contributed by atoms with Gasteiger partial charge < -0.3 is 20.2 Å². The van der Waals surface area contributed by atoms with Crippen LogP contribution in [0.3, 0.4) is 0 Å². The molecule has 8 heteroatoms. The fourth-order valence-corrected chi connectivity index (χ4v) is 4.56. The number of urea groups is 1. The minimum absolute atomic E-state index is 0.0297. The zero-order valence-electron chi connectivity index (χ0n) is 17.5. The molecular formula is C22H31N5O3. The number of rotatable bonds is 4. The lowest BCUT2D eigenvalue weighted by molar-refractivity contribution is -0.122. The maximum atomic E-state index is 12.6. The van der Waals surface area contributed by atoms with Gasteiger partial charge in [-0.25, -0.2) is 9.78 Å². The van der Waals surface area contributed by atoms with E-state index in [9.17, 15) is 4.79 Å². The topological polar surface area (TPSA) is 98.7 Å². The predicted octanol–water partition coefficient (Wildman–Crippen LogP) is 2.74. The molecule has 2 N–H and O–H groups in total. The lowest BCUT2D eigenvalue weighted by atomic mass is 9.83. The molecule has 2 fully saturated rings. The van der Waals surface area contributed by atoms with Crippen molar-refractivity contribution < 1.29 is 14.7 Å². The number of aromatic nitrogens is 2. The summed E-state index contributed by atoms with van der Waals surface area (Å²) in [6.07, 6.45) is 8.16. The van der Waals surface area contributed by atoms with Crippen molar-refractivity contribution in [3.05, 3.63) is 36.2 Å². The molecule has 2 aliphatic rings. The SMILES string of the molecule is CN(Cc1cnc2ccccc2n1)C(=O)NC[C@@H]1CCCN2CCCC[C@H]12.O=CO. The van der Waals surface area contributed by atoms with E-state index >= 15 is 0 Å². The average Bonchev–Trinajstić information content (AvgIpc) is 2.78. The maximum absolute atomic E-state index is 12.6. The van der Waals surface area contributed by atoms with E-state index in [1.54, 1.807) is 11.1 Å². The van der Waals surface area contributed by atoms with Crippen molar-refractivity contribution in [2.75, 3.05) is 26.7 Å². The summed E-state index contributed by atoms with van der Waals surface area (Å²) < 4.78 is 0. The fraction of sp³-hybridized carbons (Fsp3) is 0.545. The van der Waals surface area contributed by atoms with Gasteiger partial charge in [0.15, 0.2) is 0 Å². The molecule has 0 saturated carbocycles. The van der Waals surface area contributed by atoms with Gasteiger partial charge in [0.05, 0.1) is 29.5 Å². The monoisotopic (exact) mass is 413 g/mol. The molecule has 0 radical (unpaired) electrons. The summed E-state index contributed by atoms with van der Waals surface area (Å²) in [4.78, 5) is 34.3. The van der Waals surface area contributed by atoms with Crippen LogP contribution in [0.5, 0.6) is 0 Å². The zero-order chi connectivity index (χ0) is 21.3. The molecule has 30 heavy (non-hydrogen) atoms. The van der Waals surface area contributed by atoms with Crippen molar-refractivity contribution >= 4 is 23.5 Å². The third-order valence-electron chi connectivity index (χ3n) is 5.99. The van der Waals surface area contributed by atoms with Crippen LogP contribution >= 0.6 is 0 Å². The van der Waals surface area contributed by atoms with Crippen LogP contribution in [0.2, 0.25) is 0 Å². The Hall–Kier alpha value is -2.74. The number of nitrogens with one attached hydrogen (secondary N) is 1. The van der Waals surface area contributed by atoms with Crippen molar-refractivity contribution in [1.82, 2.24) is 25.1 Å². The van der Waals surface area contributed by atoms with Crippen LogP contribution in [0, 0.1) is 5.92 Å². The van der Waals surface area contributed by atoms with E-state index in [1.165, 1.54) is 45.2 Å². The number of fused-ring (bicyclic) bond motifs is 2. The highest BCUT2D eigenvalue weighted by atomic mass is 16.3. The Morgan fingerprint density at radius 2 is 1.97 bits per heavy atom. The predicted molar refractivity (Wildman–Crippen MR) is 115 cm³/mol. The quantitative estimate of drug-likeness (QED) is 0.748. The molecule has 3 heterocycles. The van der Waals surface area contributed by atoms with Crippen LogP contribution in [-0.2, 0) is 11.3 Å². The first kappa shape index (κ1) is 22.0. The van der Waals surface area contributed by atoms with Crippen molar-refractivity contribution in [2.45, 2.75) is 44.7 Å². The van der Waals surface area contributed by atoms with E-state index in [0.29, 0.717) is 18.5 Å². The number of hydrogen-bond acceptors (Lipinski definition) is 5. The number of nitrogens with zero attached hydrogens (tertiary/aromatic N) is 4. The number of piperidine rings is 2. The van der Waals surface area contributed by atoms with Crippen LogP contribution in [0.4, 0.5) is 4.79 Å². The first-order chi connectivity index (χ1) is 14.6. The van der Waals surface area contributed by atoms with Gasteiger partial charge in [0.1, 0.15) is 0 Å². The zero-order valence-corrected chi connectivity index (χ0v) is 17.5. The van der Waals surface area contributed by atoms with Crippen LogP contribution in [0.15, 0.2) is 30.5 Å². The van der Waals surface area contributed by atoms with E-state index in [2.05, 4.69) is 20.2 Å². The number of amides is 2. The smallest absolute Gasteiger partial charge is 0.317 e. The number of hydrogen-bond donors (Lipinski definition) is 2. The Morgan fingerprint density at radius 1 is 1.23 bits per heavy atom. The molecule has 0 aliphatic carbocycles. The molecular weight excluding hydrogens is 382 g/mol. The van der Waals surface area contributed by atoms with E-state index < -0.39 is 0 Å². The number of carbonyl (C=O) groups is 2. The van der Waals surface area contributed by atoms with Gasteiger partial charge in [-0.3, -0.25) is 9.78 Å². The van der Waals surface area contributed by atoms with E-state index in [1.807, 2.05) is 31.3 Å². The lowest BCUT2D eigenvalue weighted by Gasteiger charge is -2.44. The highest BCUT2D eigenvalue weighted by Gasteiger charge is 2.33. The van der Waals surface area contributed by atoms with Crippen molar-refractivity contribution in [1.29, 1.82) is 0 Å². The second-order valence-electron chi connectivity index (χ2n) is 8.00. The van der Waals surface area contributed by atoms with Gasteiger partial charge in [-0.15, -0.1) is 0 Å². The third-order valence-corrected chi connectivity index (χ3v) is 5.99. The molecule has 2 amide bonds. The van der Waals surface area contributed by atoms with Crippen LogP contribution in [-0.4, -0.2) is 70.1 Å². The second kappa shape index (κ2) is 10.9. The highest BCUT2D eigenvalue weighted by Crippen LogP contribution is 2.30. The minimum Gasteiger partial charge on any atom is -0.483 e. The standard InChI is InChI=1S/C21H29N5O.CH2O2/c1-25(15-17-14-22-18-8-2-3-9-19(18)24-17)21(27)23-13-16-7-6-12-26-11-5-4-10-20(16)26;2-1-3/h2-3,8-9,14,16,20H,4-7,10-13,15H2,1H3,(H,23,27);1H,(H,2,3)/t16-,20+;/m0./s1. The van der Waals surface area contributed by atoms with Gasteiger partial charge in [0, 0.05) is 19.6 Å². The second-order valence-corrected chi connectivity index (χ2v) is 8.00. The molecule has 1 aromatic carbocycles. The highest BCUT2D eigenvalue weighted by molar-refractivity contribution is 5.75. The Balaban J connectivity index is 0.000000806. The Labute approximate surface area is 177 Å². The van der Waals surface area contributed by atoms with Crippen molar-refractivity contribution in [2.24, 2.45) is 5.92 Å². The van der Waals surface area contributed by atoms with E-state index in [4.69, 9.17) is 9.90 Å². The number of carbonyl (C=O) groups excluding carboxylic acids is 1. The fourth-order valence-electron chi connectivity index (χ4n) is 4.56. The number of carboxylic acid groups (broad SMARTS) is 1. The largest absolute Gasteiger partial charge is 0.483 e. The summed E-state index contributed by atoms with van der Waals surface area (Å²) in [6.45, 7) is 3.45. The molecule has 162 valence electrons. The van der Waals surface area contributed by atoms with E-state index in [0.717, 1.165) is 23.3 Å². The molecule has 1 aromatic heterocycles. The number of benzene rings is 1. The van der Waals surface area contributed by atoms with Gasteiger partial charge in [-0.1, -0.05) is 18.6 Å². The Morgan fingerprint density at radius 3 is 2.77 bits per heavy atom. The molecule has 0 spiro atoms. The van der Waals surface area contributed by atoms with Gasteiger partial charge in [-0.2, -0.15) is 0 Å². The van der Waals surface area contributed by atoms with Crippen molar-refractivity contribution in [3.8, 4) is 0 Å². The molecule has 0 unspecified atom stereocenters. The average molecular weight is 414 g/mol. The first-order valence-corrected chi connectivity index (χ1v) is 10.6. The summed E-state index contributed by atoms with van der Waals surface area (Å²) >= 11 is 0. The summed E-state index contributed by atoms with van der Waals surface area (Å²) in [5.74, 6) is 0.580. The summed E-state index contributed by atoms with van der Waals surface area (Å²) in [5, 5.41) is 10.0.